The number of methoxy groups -OCH3 is 1. The molecule has 170 valence electrons. The Hall–Kier alpha value is -3.68. The Morgan fingerprint density at radius 1 is 1.12 bits per heavy atom. The quantitative estimate of drug-likeness (QED) is 0.608. The average molecular weight is 446 g/mol. The second-order valence-corrected chi connectivity index (χ2v) is 8.84. The second kappa shape index (κ2) is 8.35. The first-order valence-electron chi connectivity index (χ1n) is 11.2. The third-order valence-electron chi connectivity index (χ3n) is 6.65. The summed E-state index contributed by atoms with van der Waals surface area (Å²) in [4.78, 5) is 33.0. The lowest BCUT2D eigenvalue weighted by Crippen LogP contribution is -2.42. The first-order chi connectivity index (χ1) is 16.0. The summed E-state index contributed by atoms with van der Waals surface area (Å²) in [5.41, 5.74) is 1.06. The number of aromatic nitrogens is 3. The molecule has 2 aliphatic rings. The number of nitrogens with one attached hydrogen (secondary N) is 2. The van der Waals surface area contributed by atoms with Gasteiger partial charge in [0.15, 0.2) is 5.82 Å². The number of H-pyrrole nitrogens is 1. The maximum Gasteiger partial charge on any atom is 0.251 e. The fourth-order valence-corrected chi connectivity index (χ4v) is 4.71. The monoisotopic (exact) mass is 445 g/mol. The maximum atomic E-state index is 13.9. The molecule has 0 unspecified atom stereocenters. The number of aryl methyl sites for hydroxylation is 1. The number of aromatic amines is 1. The number of nitrogens with zero attached hydrogens (tertiary/aromatic N) is 3. The van der Waals surface area contributed by atoms with E-state index in [0.717, 1.165) is 24.2 Å². The van der Waals surface area contributed by atoms with E-state index in [9.17, 15) is 9.59 Å². The van der Waals surface area contributed by atoms with E-state index in [-0.39, 0.29) is 23.9 Å². The number of hydrogen-bond donors (Lipinski definition) is 2. The number of carbonyl (C=O) groups is 2. The number of benzene rings is 2. The van der Waals surface area contributed by atoms with Crippen LogP contribution < -0.4 is 10.1 Å². The molecule has 0 radical (unpaired) electrons. The van der Waals surface area contributed by atoms with Gasteiger partial charge >= 0.3 is 0 Å². The molecule has 1 saturated heterocycles. The highest BCUT2D eigenvalue weighted by atomic mass is 16.5. The largest absolute Gasteiger partial charge is 0.497 e. The van der Waals surface area contributed by atoms with E-state index < -0.39 is 5.41 Å². The summed E-state index contributed by atoms with van der Waals surface area (Å²) in [6.45, 7) is 2.26. The number of amides is 2. The smallest absolute Gasteiger partial charge is 0.251 e. The number of carbonyl (C=O) groups excluding carboxylic acids is 2. The van der Waals surface area contributed by atoms with Crippen LogP contribution in [0, 0.1) is 6.92 Å². The van der Waals surface area contributed by atoms with Gasteiger partial charge in [-0.15, -0.1) is 0 Å². The first-order valence-corrected chi connectivity index (χ1v) is 11.2. The third-order valence-corrected chi connectivity index (χ3v) is 6.65. The summed E-state index contributed by atoms with van der Waals surface area (Å²) in [5.74, 6) is 1.97. The Morgan fingerprint density at radius 2 is 1.85 bits per heavy atom. The minimum absolute atomic E-state index is 0.0663. The van der Waals surface area contributed by atoms with Crippen LogP contribution in [0.3, 0.4) is 0 Å². The second-order valence-electron chi connectivity index (χ2n) is 8.84. The summed E-state index contributed by atoms with van der Waals surface area (Å²) >= 11 is 0. The van der Waals surface area contributed by atoms with Crippen LogP contribution in [0.4, 0.5) is 0 Å². The summed E-state index contributed by atoms with van der Waals surface area (Å²) in [6, 6.07) is 16.4. The summed E-state index contributed by atoms with van der Waals surface area (Å²) in [6.07, 6.45) is 2.17. The molecule has 8 heteroatoms. The standard InChI is InChI=1S/C25H27N5O3/c1-16-26-22(29-28-16)21-14-19(27-23(31)17-6-4-3-5-7-17)15-30(21)24(32)25(12-13-25)18-8-10-20(33-2)11-9-18/h3-11,19,21H,12-15H2,1-2H3,(H,27,31)(H,26,28,29)/t19-,21-/m0/s1. The molecule has 2 N–H and O–H groups in total. The summed E-state index contributed by atoms with van der Waals surface area (Å²) < 4.78 is 5.27. The molecule has 2 amide bonds. The Labute approximate surface area is 192 Å². The van der Waals surface area contributed by atoms with Crippen molar-refractivity contribution in [3.8, 4) is 5.75 Å². The Bertz CT molecular complexity index is 1150. The van der Waals surface area contributed by atoms with Crippen molar-refractivity contribution in [2.45, 2.75) is 43.7 Å². The van der Waals surface area contributed by atoms with E-state index in [0.29, 0.717) is 30.2 Å². The van der Waals surface area contributed by atoms with Gasteiger partial charge in [-0.05, 0) is 56.0 Å². The topological polar surface area (TPSA) is 100 Å². The zero-order chi connectivity index (χ0) is 23.0. The predicted octanol–water partition coefficient (Wildman–Crippen LogP) is 2.93. The molecule has 5 rings (SSSR count). The zero-order valence-corrected chi connectivity index (χ0v) is 18.7. The molecule has 1 aliphatic heterocycles. The molecular weight excluding hydrogens is 418 g/mol. The zero-order valence-electron chi connectivity index (χ0n) is 18.7. The Kier molecular flexibility index (Phi) is 5.36. The van der Waals surface area contributed by atoms with Gasteiger partial charge in [0.25, 0.3) is 5.91 Å². The first kappa shape index (κ1) is 21.2. The molecule has 1 aromatic heterocycles. The van der Waals surface area contributed by atoms with Crippen molar-refractivity contribution in [1.82, 2.24) is 25.4 Å². The fourth-order valence-electron chi connectivity index (χ4n) is 4.71. The molecule has 1 aliphatic carbocycles. The highest BCUT2D eigenvalue weighted by molar-refractivity contribution is 5.95. The van der Waals surface area contributed by atoms with Crippen molar-refractivity contribution < 1.29 is 14.3 Å². The van der Waals surface area contributed by atoms with Crippen molar-refractivity contribution in [2.75, 3.05) is 13.7 Å². The van der Waals surface area contributed by atoms with Crippen molar-refractivity contribution >= 4 is 11.8 Å². The lowest BCUT2D eigenvalue weighted by Gasteiger charge is -2.28. The lowest BCUT2D eigenvalue weighted by molar-refractivity contribution is -0.135. The van der Waals surface area contributed by atoms with Gasteiger partial charge in [-0.3, -0.25) is 14.7 Å². The van der Waals surface area contributed by atoms with Crippen LogP contribution in [0.5, 0.6) is 5.75 Å². The van der Waals surface area contributed by atoms with Gasteiger partial charge in [0.1, 0.15) is 11.6 Å². The van der Waals surface area contributed by atoms with E-state index in [1.165, 1.54) is 0 Å². The average Bonchev–Trinajstić information content (AvgIpc) is 3.38. The number of likely N-dealkylation sites (tertiary alicyclic amines) is 1. The van der Waals surface area contributed by atoms with E-state index in [1.807, 2.05) is 54.3 Å². The van der Waals surface area contributed by atoms with Gasteiger partial charge in [0.05, 0.1) is 18.6 Å². The molecule has 1 saturated carbocycles. The third kappa shape index (κ3) is 3.97. The molecule has 3 aromatic rings. The molecule has 0 bridgehead atoms. The highest BCUT2D eigenvalue weighted by Crippen LogP contribution is 2.51. The highest BCUT2D eigenvalue weighted by Gasteiger charge is 2.55. The van der Waals surface area contributed by atoms with Gasteiger partial charge in [-0.25, -0.2) is 4.98 Å². The number of ether oxygens (including phenoxy) is 1. The summed E-state index contributed by atoms with van der Waals surface area (Å²) in [5, 5.41) is 10.3. The van der Waals surface area contributed by atoms with Gasteiger partial charge < -0.3 is 15.0 Å². The fraction of sp³-hybridized carbons (Fsp3) is 0.360. The minimum atomic E-state index is -0.534. The molecule has 8 nitrogen and oxygen atoms in total. The van der Waals surface area contributed by atoms with Crippen LogP contribution >= 0.6 is 0 Å². The van der Waals surface area contributed by atoms with Crippen LogP contribution in [-0.2, 0) is 10.2 Å². The van der Waals surface area contributed by atoms with Crippen molar-refractivity contribution in [2.24, 2.45) is 0 Å². The van der Waals surface area contributed by atoms with Gasteiger partial charge in [0, 0.05) is 18.2 Å². The maximum absolute atomic E-state index is 13.9. The lowest BCUT2D eigenvalue weighted by atomic mass is 9.94. The predicted molar refractivity (Wildman–Crippen MR) is 122 cm³/mol. The van der Waals surface area contributed by atoms with E-state index in [1.54, 1.807) is 19.2 Å². The van der Waals surface area contributed by atoms with E-state index in [4.69, 9.17) is 4.74 Å². The number of rotatable bonds is 6. The van der Waals surface area contributed by atoms with Crippen LogP contribution in [0.25, 0.3) is 0 Å². The van der Waals surface area contributed by atoms with Crippen molar-refractivity contribution in [3.05, 3.63) is 77.4 Å². The molecule has 2 aromatic carbocycles. The van der Waals surface area contributed by atoms with Crippen LogP contribution in [-0.4, -0.2) is 51.6 Å². The molecule has 2 heterocycles. The summed E-state index contributed by atoms with van der Waals surface area (Å²) in [7, 11) is 1.63. The van der Waals surface area contributed by atoms with Crippen LogP contribution in [0.1, 0.15) is 52.9 Å². The van der Waals surface area contributed by atoms with Crippen LogP contribution in [0.15, 0.2) is 54.6 Å². The molecule has 2 fully saturated rings. The minimum Gasteiger partial charge on any atom is -0.497 e. The van der Waals surface area contributed by atoms with Crippen molar-refractivity contribution in [1.29, 1.82) is 0 Å². The Balaban J connectivity index is 1.40. The normalized spacial score (nSPS) is 21.0. The van der Waals surface area contributed by atoms with Crippen LogP contribution in [0.2, 0.25) is 0 Å². The SMILES string of the molecule is COc1ccc(C2(C(=O)N3C[C@@H](NC(=O)c4ccccc4)C[C@H]3c3n[nH]c(C)n3)CC2)cc1. The molecule has 0 spiro atoms. The molecule has 33 heavy (non-hydrogen) atoms. The Morgan fingerprint density at radius 3 is 2.45 bits per heavy atom. The van der Waals surface area contributed by atoms with Crippen molar-refractivity contribution in [3.63, 3.8) is 0 Å². The van der Waals surface area contributed by atoms with Gasteiger partial charge in [-0.1, -0.05) is 30.3 Å². The van der Waals surface area contributed by atoms with Gasteiger partial charge in [-0.2, -0.15) is 5.10 Å². The molecule has 2 atom stereocenters. The van der Waals surface area contributed by atoms with E-state index >= 15 is 0 Å². The number of hydrogen-bond acceptors (Lipinski definition) is 5. The van der Waals surface area contributed by atoms with Gasteiger partial charge in [0.2, 0.25) is 5.91 Å². The molecular formula is C25H27N5O3. The van der Waals surface area contributed by atoms with E-state index in [2.05, 4.69) is 20.5 Å².